The van der Waals surface area contributed by atoms with Gasteiger partial charge in [0.2, 0.25) is 0 Å². The molecule has 0 aromatic rings. The minimum absolute atomic E-state index is 4.09. The molecule has 0 spiro atoms. The largest absolute Gasteiger partial charge is 0.435 e. The summed E-state index contributed by atoms with van der Waals surface area (Å²) in [5, 5.41) is 7.89. The first kappa shape index (κ1) is 37.2. The van der Waals surface area contributed by atoms with Crippen LogP contribution in [-0.4, -0.2) is 77.6 Å². The standard InChI is InChI=1S/C13H3F25O/c14-2(15,1-39)4(16,13(36,37)38)6(19,20)8(23,24)9(25,26)7(21,22)5(17,18)3(10(27,28)29,11(30,31)32)12(33,34)35/h39H,1H2. The van der Waals surface area contributed by atoms with Crippen LogP contribution in [0.5, 0.6) is 0 Å². The second-order valence-corrected chi connectivity index (χ2v) is 7.13. The average Bonchev–Trinajstić information content (AvgIpc) is 2.61. The van der Waals surface area contributed by atoms with Gasteiger partial charge in [0, 0.05) is 0 Å². The van der Waals surface area contributed by atoms with Crippen LogP contribution in [0.15, 0.2) is 0 Å². The number of hydrogen-bond donors (Lipinski definition) is 1. The molecule has 39 heavy (non-hydrogen) atoms. The quantitative estimate of drug-likeness (QED) is 0.267. The van der Waals surface area contributed by atoms with Gasteiger partial charge in [0.05, 0.1) is 0 Å². The third kappa shape index (κ3) is 4.22. The topological polar surface area (TPSA) is 20.2 Å². The highest BCUT2D eigenvalue weighted by Crippen LogP contribution is 2.73. The van der Waals surface area contributed by atoms with Gasteiger partial charge in [-0.2, -0.15) is 105 Å². The van der Waals surface area contributed by atoms with Gasteiger partial charge in [0.1, 0.15) is 6.61 Å². The van der Waals surface area contributed by atoms with Crippen molar-refractivity contribution < 1.29 is 115 Å². The molecule has 1 nitrogen and oxygen atoms in total. The van der Waals surface area contributed by atoms with Crippen LogP contribution in [0.3, 0.4) is 0 Å². The Balaban J connectivity index is 7.97. The van der Waals surface area contributed by atoms with E-state index < -0.39 is 77.9 Å². The maximum absolute atomic E-state index is 13.8. The molecule has 1 unspecified atom stereocenters. The van der Waals surface area contributed by atoms with Crippen molar-refractivity contribution in [1.82, 2.24) is 0 Å². The highest BCUT2D eigenvalue weighted by atomic mass is 19.4. The first-order valence-electron chi connectivity index (χ1n) is 8.14. The lowest BCUT2D eigenvalue weighted by atomic mass is 9.72. The second-order valence-electron chi connectivity index (χ2n) is 7.13. The first-order valence-corrected chi connectivity index (χ1v) is 8.14. The zero-order valence-corrected chi connectivity index (χ0v) is 16.6. The third-order valence-corrected chi connectivity index (χ3v) is 4.85. The molecule has 0 aliphatic rings. The molecular formula is C13H3F25O. The van der Waals surface area contributed by atoms with E-state index in [9.17, 15) is 110 Å². The van der Waals surface area contributed by atoms with Gasteiger partial charge < -0.3 is 5.11 Å². The van der Waals surface area contributed by atoms with E-state index in [2.05, 4.69) is 0 Å². The van der Waals surface area contributed by atoms with E-state index in [0.717, 1.165) is 0 Å². The molecule has 0 rings (SSSR count). The normalized spacial score (nSPS) is 18.3. The summed E-state index contributed by atoms with van der Waals surface area (Å²) in [6, 6.07) is 0. The first-order chi connectivity index (χ1) is 16.3. The van der Waals surface area contributed by atoms with Crippen molar-refractivity contribution in [3.63, 3.8) is 0 Å². The Labute approximate surface area is 194 Å². The Morgan fingerprint density at radius 2 is 0.538 bits per heavy atom. The fraction of sp³-hybridized carbons (Fsp3) is 1.00. The van der Waals surface area contributed by atoms with Crippen LogP contribution in [-0.2, 0) is 0 Å². The minimum Gasteiger partial charge on any atom is -0.390 e. The van der Waals surface area contributed by atoms with Crippen molar-refractivity contribution in [3.8, 4) is 0 Å². The van der Waals surface area contributed by atoms with Crippen LogP contribution < -0.4 is 0 Å². The molecule has 0 aliphatic heterocycles. The molecule has 0 aromatic carbocycles. The highest BCUT2D eigenvalue weighted by Gasteiger charge is 3.03. The van der Waals surface area contributed by atoms with Crippen molar-refractivity contribution >= 4 is 0 Å². The molecule has 0 fully saturated rings. The summed E-state index contributed by atoms with van der Waals surface area (Å²) < 4.78 is 329. The zero-order chi connectivity index (χ0) is 32.7. The van der Waals surface area contributed by atoms with Gasteiger partial charge in [-0.25, -0.2) is 4.39 Å². The number of aliphatic hydroxyl groups excluding tert-OH is 1. The van der Waals surface area contributed by atoms with E-state index in [-0.39, 0.29) is 0 Å². The molecule has 0 saturated carbocycles. The molecule has 236 valence electrons. The van der Waals surface area contributed by atoms with Gasteiger partial charge in [0.25, 0.3) is 0 Å². The maximum Gasteiger partial charge on any atom is 0.435 e. The third-order valence-electron chi connectivity index (χ3n) is 4.85. The van der Waals surface area contributed by atoms with Gasteiger partial charge in [-0.1, -0.05) is 0 Å². The van der Waals surface area contributed by atoms with Crippen LogP contribution in [0.1, 0.15) is 0 Å². The summed E-state index contributed by atoms with van der Waals surface area (Å²) in [4.78, 5) is 0. The minimum atomic E-state index is -9.91. The lowest BCUT2D eigenvalue weighted by Gasteiger charge is -2.49. The van der Waals surface area contributed by atoms with E-state index >= 15 is 0 Å². The van der Waals surface area contributed by atoms with E-state index in [1.54, 1.807) is 0 Å². The lowest BCUT2D eigenvalue weighted by Crippen LogP contribution is -2.81. The molecular weight excluding hydrogens is 647 g/mol. The predicted molar refractivity (Wildman–Crippen MR) is 67.3 cm³/mol. The summed E-state index contributed by atoms with van der Waals surface area (Å²) in [5.74, 6) is -56.3. The molecule has 0 aliphatic carbocycles. The van der Waals surface area contributed by atoms with Gasteiger partial charge in [-0.05, 0) is 0 Å². The summed E-state index contributed by atoms with van der Waals surface area (Å²) >= 11 is 0. The Kier molecular flexibility index (Phi) is 8.45. The number of alkyl halides is 25. The molecule has 0 aromatic heterocycles. The highest BCUT2D eigenvalue weighted by molar-refractivity contribution is 5.23. The molecule has 1 atom stereocenters. The van der Waals surface area contributed by atoms with Crippen molar-refractivity contribution in [3.05, 3.63) is 0 Å². The number of rotatable bonds is 8. The fourth-order valence-electron chi connectivity index (χ4n) is 2.78. The van der Waals surface area contributed by atoms with E-state index in [1.807, 2.05) is 0 Å². The number of aliphatic hydroxyl groups is 1. The van der Waals surface area contributed by atoms with E-state index in [0.29, 0.717) is 0 Å². The van der Waals surface area contributed by atoms with Crippen molar-refractivity contribution in [1.29, 1.82) is 0 Å². The maximum atomic E-state index is 13.8. The SMILES string of the molecule is OCC(F)(F)C(F)(C(F)(F)F)C(F)(F)C(F)(F)C(F)(F)C(F)(F)C(F)(F)C(C(F)(F)F)(C(F)(F)F)C(F)(F)F. The summed E-state index contributed by atoms with van der Waals surface area (Å²) in [6.45, 7) is -4.09. The van der Waals surface area contributed by atoms with Crippen molar-refractivity contribution in [2.24, 2.45) is 5.41 Å². The van der Waals surface area contributed by atoms with Crippen LogP contribution in [0.2, 0.25) is 0 Å². The smallest absolute Gasteiger partial charge is 0.390 e. The Morgan fingerprint density at radius 3 is 0.744 bits per heavy atom. The summed E-state index contributed by atoms with van der Waals surface area (Å²) in [6.07, 6.45) is -35.6. The van der Waals surface area contributed by atoms with Crippen LogP contribution in [0, 0.1) is 5.41 Å². The Hall–Kier alpha value is -1.79. The van der Waals surface area contributed by atoms with Gasteiger partial charge in [-0.15, -0.1) is 0 Å². The van der Waals surface area contributed by atoms with Crippen LogP contribution >= 0.6 is 0 Å². The predicted octanol–water partition coefficient (Wildman–Crippen LogP) is 7.73. The molecule has 0 amide bonds. The lowest BCUT2D eigenvalue weighted by molar-refractivity contribution is -0.520. The number of halogens is 25. The zero-order valence-electron chi connectivity index (χ0n) is 16.6. The summed E-state index contributed by atoms with van der Waals surface area (Å²) in [5.41, 5.74) is -18.4. The fourth-order valence-corrected chi connectivity index (χ4v) is 2.78. The molecule has 26 heteroatoms. The molecule has 0 bridgehead atoms. The average molecular weight is 650 g/mol. The molecule has 0 heterocycles. The Morgan fingerprint density at radius 1 is 0.308 bits per heavy atom. The van der Waals surface area contributed by atoms with Gasteiger partial charge in [-0.3, -0.25) is 0 Å². The number of hydrogen-bond acceptors (Lipinski definition) is 1. The van der Waals surface area contributed by atoms with Crippen LogP contribution in [0.25, 0.3) is 0 Å². The monoisotopic (exact) mass is 650 g/mol. The van der Waals surface area contributed by atoms with Gasteiger partial charge >= 0.3 is 71.3 Å². The van der Waals surface area contributed by atoms with Crippen molar-refractivity contribution in [2.45, 2.75) is 65.9 Å². The summed E-state index contributed by atoms with van der Waals surface area (Å²) in [7, 11) is 0. The molecule has 1 N–H and O–H groups in total. The second kappa shape index (κ2) is 8.85. The van der Waals surface area contributed by atoms with Crippen molar-refractivity contribution in [2.75, 3.05) is 6.61 Å². The molecule has 0 saturated heterocycles. The van der Waals surface area contributed by atoms with E-state index in [4.69, 9.17) is 5.11 Å². The van der Waals surface area contributed by atoms with E-state index in [1.165, 1.54) is 0 Å². The van der Waals surface area contributed by atoms with Crippen LogP contribution in [0.4, 0.5) is 110 Å². The van der Waals surface area contributed by atoms with Gasteiger partial charge in [0.15, 0.2) is 0 Å². The Bertz CT molecular complexity index is 846. The molecule has 0 radical (unpaired) electrons.